The van der Waals surface area contributed by atoms with Crippen molar-refractivity contribution >= 4 is 21.6 Å². The molecule has 1 N–H and O–H groups in total. The number of amides is 1. The van der Waals surface area contributed by atoms with Gasteiger partial charge in [0.1, 0.15) is 5.82 Å². The van der Waals surface area contributed by atoms with Crippen LogP contribution in [0.2, 0.25) is 0 Å². The summed E-state index contributed by atoms with van der Waals surface area (Å²) in [6, 6.07) is 19.5. The molecule has 0 saturated heterocycles. The van der Waals surface area contributed by atoms with Crippen LogP contribution in [0.15, 0.2) is 77.7 Å². The van der Waals surface area contributed by atoms with Crippen LogP contribution in [0.5, 0.6) is 0 Å². The van der Waals surface area contributed by atoms with Gasteiger partial charge in [-0.15, -0.1) is 0 Å². The van der Waals surface area contributed by atoms with Crippen molar-refractivity contribution in [1.82, 2.24) is 4.90 Å². The highest BCUT2D eigenvalue weighted by Crippen LogP contribution is 2.19. The second kappa shape index (κ2) is 8.76. The number of carbonyl (C=O) groups excluding carboxylic acids is 1. The first kappa shape index (κ1) is 21.0. The Morgan fingerprint density at radius 3 is 2.47 bits per heavy atom. The number of benzene rings is 3. The highest BCUT2D eigenvalue weighted by Gasteiger charge is 2.18. The molecule has 0 aliphatic rings. The fraction of sp³-hybridized carbons (Fsp3) is 0.0909. The summed E-state index contributed by atoms with van der Waals surface area (Å²) in [4.78, 5) is 14.1. The Kier molecular flexibility index (Phi) is 6.14. The van der Waals surface area contributed by atoms with Gasteiger partial charge in [0.25, 0.3) is 15.9 Å². The molecule has 0 radical (unpaired) electrons. The lowest BCUT2D eigenvalue weighted by atomic mass is 10.1. The first-order valence-electron chi connectivity index (χ1n) is 8.91. The van der Waals surface area contributed by atoms with Crippen molar-refractivity contribution in [3.8, 4) is 6.07 Å². The van der Waals surface area contributed by atoms with Crippen molar-refractivity contribution in [1.29, 1.82) is 5.26 Å². The van der Waals surface area contributed by atoms with Crippen molar-refractivity contribution in [2.75, 3.05) is 11.8 Å². The van der Waals surface area contributed by atoms with E-state index in [4.69, 9.17) is 5.26 Å². The molecular weight excluding hydrogens is 405 g/mol. The van der Waals surface area contributed by atoms with Crippen LogP contribution in [-0.2, 0) is 16.6 Å². The highest BCUT2D eigenvalue weighted by atomic mass is 32.2. The molecule has 6 nitrogen and oxygen atoms in total. The van der Waals surface area contributed by atoms with E-state index in [9.17, 15) is 17.6 Å². The van der Waals surface area contributed by atoms with Gasteiger partial charge in [0.15, 0.2) is 0 Å². The van der Waals surface area contributed by atoms with E-state index in [1.54, 1.807) is 31.3 Å². The molecule has 8 heteroatoms. The van der Waals surface area contributed by atoms with Crippen LogP contribution in [0.4, 0.5) is 10.1 Å². The predicted molar refractivity (Wildman–Crippen MR) is 111 cm³/mol. The molecule has 0 unspecified atom stereocenters. The van der Waals surface area contributed by atoms with Crippen LogP contribution in [0.3, 0.4) is 0 Å². The zero-order valence-electron chi connectivity index (χ0n) is 16.0. The Labute approximate surface area is 174 Å². The van der Waals surface area contributed by atoms with Gasteiger partial charge >= 0.3 is 0 Å². The van der Waals surface area contributed by atoms with Gasteiger partial charge in [-0.25, -0.2) is 12.8 Å². The van der Waals surface area contributed by atoms with Crippen LogP contribution in [0.25, 0.3) is 0 Å². The van der Waals surface area contributed by atoms with Crippen LogP contribution in [-0.4, -0.2) is 26.3 Å². The fourth-order valence-electron chi connectivity index (χ4n) is 2.83. The number of nitrogens with zero attached hydrogens (tertiary/aromatic N) is 2. The third-order valence-electron chi connectivity index (χ3n) is 4.31. The standard InChI is InChI=1S/C22H18FN3O3S/c1-26(15-17-5-2-4-16(12-17)14-24)22(27)18-6-3-7-21(13-18)30(28,29)25-20-10-8-19(23)9-11-20/h2-13,25H,15H2,1H3. The number of hydrogen-bond donors (Lipinski definition) is 1. The Balaban J connectivity index is 1.78. The van der Waals surface area contributed by atoms with Gasteiger partial charge in [0.2, 0.25) is 0 Å². The van der Waals surface area contributed by atoms with Crippen molar-refractivity contribution in [3.63, 3.8) is 0 Å². The molecule has 0 fully saturated rings. The molecular formula is C22H18FN3O3S. The van der Waals surface area contributed by atoms with E-state index < -0.39 is 15.8 Å². The van der Waals surface area contributed by atoms with E-state index in [0.717, 1.165) is 17.7 Å². The first-order chi connectivity index (χ1) is 14.3. The van der Waals surface area contributed by atoms with Gasteiger partial charge in [-0.05, 0) is 60.2 Å². The molecule has 152 valence electrons. The summed E-state index contributed by atoms with van der Waals surface area (Å²) in [7, 11) is -2.36. The van der Waals surface area contributed by atoms with E-state index in [2.05, 4.69) is 10.8 Å². The van der Waals surface area contributed by atoms with Crippen LogP contribution in [0.1, 0.15) is 21.5 Å². The molecule has 3 aromatic carbocycles. The Hall–Kier alpha value is -3.70. The van der Waals surface area contributed by atoms with Gasteiger partial charge in [0.05, 0.1) is 16.5 Å². The number of nitrogens with one attached hydrogen (secondary N) is 1. The maximum atomic E-state index is 13.0. The molecule has 30 heavy (non-hydrogen) atoms. The second-order valence-corrected chi connectivity index (χ2v) is 8.30. The summed E-state index contributed by atoms with van der Waals surface area (Å²) in [5.74, 6) is -0.843. The Morgan fingerprint density at radius 1 is 1.07 bits per heavy atom. The monoisotopic (exact) mass is 423 g/mol. The van der Waals surface area contributed by atoms with Crippen LogP contribution < -0.4 is 4.72 Å². The average molecular weight is 423 g/mol. The summed E-state index contributed by atoms with van der Waals surface area (Å²) < 4.78 is 40.6. The van der Waals surface area contributed by atoms with Gasteiger partial charge in [0, 0.05) is 24.8 Å². The van der Waals surface area contributed by atoms with E-state index in [0.29, 0.717) is 5.56 Å². The highest BCUT2D eigenvalue weighted by molar-refractivity contribution is 7.92. The van der Waals surface area contributed by atoms with Crippen molar-refractivity contribution in [2.24, 2.45) is 0 Å². The van der Waals surface area contributed by atoms with Gasteiger partial charge in [-0.2, -0.15) is 5.26 Å². The van der Waals surface area contributed by atoms with E-state index in [1.165, 1.54) is 41.3 Å². The molecule has 1 amide bonds. The number of rotatable bonds is 6. The zero-order chi connectivity index (χ0) is 21.7. The molecule has 0 heterocycles. The molecule has 0 atom stereocenters. The summed E-state index contributed by atoms with van der Waals surface area (Å²) in [5, 5.41) is 9.00. The zero-order valence-corrected chi connectivity index (χ0v) is 16.9. The molecule has 0 aliphatic heterocycles. The summed E-state index contributed by atoms with van der Waals surface area (Å²) in [6.07, 6.45) is 0. The van der Waals surface area contributed by atoms with E-state index >= 15 is 0 Å². The number of nitriles is 1. The molecule has 0 aliphatic carbocycles. The fourth-order valence-corrected chi connectivity index (χ4v) is 3.94. The minimum absolute atomic E-state index is 0.0856. The van der Waals surface area contributed by atoms with Crippen molar-refractivity contribution in [3.05, 3.63) is 95.3 Å². The number of carbonyl (C=O) groups is 1. The van der Waals surface area contributed by atoms with E-state index in [1.807, 2.05) is 0 Å². The summed E-state index contributed by atoms with van der Waals surface area (Å²) >= 11 is 0. The predicted octanol–water partition coefficient (Wildman–Crippen LogP) is 3.77. The number of anilines is 1. The smallest absolute Gasteiger partial charge is 0.261 e. The summed E-state index contributed by atoms with van der Waals surface area (Å²) in [5.41, 5.74) is 1.69. The third-order valence-corrected chi connectivity index (χ3v) is 5.69. The SMILES string of the molecule is CN(Cc1cccc(C#N)c1)C(=O)c1cccc(S(=O)(=O)Nc2ccc(F)cc2)c1. The second-order valence-electron chi connectivity index (χ2n) is 6.61. The maximum absolute atomic E-state index is 13.0. The molecule has 0 bridgehead atoms. The lowest BCUT2D eigenvalue weighted by Crippen LogP contribution is -2.26. The Bertz CT molecular complexity index is 1220. The first-order valence-corrected chi connectivity index (χ1v) is 10.4. The molecule has 3 rings (SSSR count). The number of hydrogen-bond acceptors (Lipinski definition) is 4. The number of sulfonamides is 1. The van der Waals surface area contributed by atoms with Gasteiger partial charge < -0.3 is 4.90 Å². The lowest BCUT2D eigenvalue weighted by Gasteiger charge is -2.18. The minimum atomic E-state index is -3.96. The molecule has 0 saturated carbocycles. The Morgan fingerprint density at radius 2 is 1.77 bits per heavy atom. The van der Waals surface area contributed by atoms with Gasteiger partial charge in [-0.3, -0.25) is 9.52 Å². The summed E-state index contributed by atoms with van der Waals surface area (Å²) in [6.45, 7) is 0.263. The average Bonchev–Trinajstić information content (AvgIpc) is 2.75. The minimum Gasteiger partial charge on any atom is -0.337 e. The van der Waals surface area contributed by atoms with Gasteiger partial charge in [-0.1, -0.05) is 18.2 Å². The third kappa shape index (κ3) is 5.01. The number of halogens is 1. The van der Waals surface area contributed by atoms with Crippen molar-refractivity contribution in [2.45, 2.75) is 11.4 Å². The molecule has 3 aromatic rings. The van der Waals surface area contributed by atoms with E-state index in [-0.39, 0.29) is 28.6 Å². The van der Waals surface area contributed by atoms with Crippen LogP contribution in [0, 0.1) is 17.1 Å². The maximum Gasteiger partial charge on any atom is 0.261 e. The normalized spacial score (nSPS) is 10.8. The topological polar surface area (TPSA) is 90.3 Å². The molecule has 0 aromatic heterocycles. The van der Waals surface area contributed by atoms with Crippen molar-refractivity contribution < 1.29 is 17.6 Å². The van der Waals surface area contributed by atoms with Crippen LogP contribution >= 0.6 is 0 Å². The quantitative estimate of drug-likeness (QED) is 0.653. The lowest BCUT2D eigenvalue weighted by molar-refractivity contribution is 0.0785. The molecule has 0 spiro atoms. The largest absolute Gasteiger partial charge is 0.337 e.